The van der Waals surface area contributed by atoms with E-state index in [1.807, 2.05) is 12.1 Å². The fraction of sp³-hybridized carbons (Fsp3) is 0.267. The Hall–Kier alpha value is -1.75. The van der Waals surface area contributed by atoms with Gasteiger partial charge in [0.25, 0.3) is 0 Å². The third-order valence-corrected chi connectivity index (χ3v) is 4.29. The minimum Gasteiger partial charge on any atom is -0.345 e. The predicted octanol–water partition coefficient (Wildman–Crippen LogP) is 3.68. The Kier molecular flexibility index (Phi) is 2.63. The molecule has 1 unspecified atom stereocenters. The molecular weight excluding hydrogens is 273 g/mol. The molecule has 2 aromatic rings. The molecule has 5 heteroatoms. The number of hydrogen-bond acceptors (Lipinski definition) is 3. The van der Waals surface area contributed by atoms with Crippen LogP contribution in [0.25, 0.3) is 11.4 Å². The summed E-state index contributed by atoms with van der Waals surface area (Å²) in [6.45, 7) is 0. The third kappa shape index (κ3) is 1.85. The van der Waals surface area contributed by atoms with E-state index in [9.17, 15) is 4.39 Å². The molecule has 0 spiro atoms. The molecule has 1 aromatic carbocycles. The highest BCUT2D eigenvalue weighted by Crippen LogP contribution is 2.43. The first-order valence-electron chi connectivity index (χ1n) is 6.72. The summed E-state index contributed by atoms with van der Waals surface area (Å²) in [5, 5.41) is -0.0554. The maximum atomic E-state index is 14.3. The molecule has 3 nitrogen and oxygen atoms in total. The van der Waals surface area contributed by atoms with E-state index in [-0.39, 0.29) is 11.1 Å². The molecule has 1 saturated carbocycles. The molecule has 1 aliphatic heterocycles. The number of halogens is 1. The molecule has 0 radical (unpaired) electrons. The minimum absolute atomic E-state index is 0.0554. The van der Waals surface area contributed by atoms with Crippen LogP contribution in [0.15, 0.2) is 36.8 Å². The van der Waals surface area contributed by atoms with E-state index in [0.717, 1.165) is 11.3 Å². The van der Waals surface area contributed by atoms with Gasteiger partial charge in [-0.2, -0.15) is 12.6 Å². The average Bonchev–Trinajstić information content (AvgIpc) is 3.14. The van der Waals surface area contributed by atoms with Crippen molar-refractivity contribution in [2.45, 2.75) is 24.1 Å². The molecule has 1 aliphatic carbocycles. The Morgan fingerprint density at radius 3 is 2.90 bits per heavy atom. The highest BCUT2D eigenvalue weighted by molar-refractivity contribution is 7.80. The van der Waals surface area contributed by atoms with Crippen LogP contribution in [0.2, 0.25) is 0 Å². The van der Waals surface area contributed by atoms with Gasteiger partial charge in [-0.1, -0.05) is 6.08 Å². The van der Waals surface area contributed by atoms with Gasteiger partial charge in [-0.15, -0.1) is 0 Å². The molecular formula is C15H14FN3S. The number of rotatable bonds is 2. The molecule has 102 valence electrons. The second kappa shape index (κ2) is 4.38. The van der Waals surface area contributed by atoms with E-state index in [0.29, 0.717) is 17.4 Å². The lowest BCUT2D eigenvalue weighted by molar-refractivity contribution is 0.628. The summed E-state index contributed by atoms with van der Waals surface area (Å²) in [4.78, 5) is 9.34. The quantitative estimate of drug-likeness (QED) is 0.826. The van der Waals surface area contributed by atoms with Crippen molar-refractivity contribution in [3.63, 3.8) is 0 Å². The van der Waals surface area contributed by atoms with Crippen LogP contribution in [0.4, 0.5) is 10.1 Å². The van der Waals surface area contributed by atoms with Crippen LogP contribution in [0, 0.1) is 5.82 Å². The molecule has 2 heterocycles. The van der Waals surface area contributed by atoms with Crippen LogP contribution in [-0.4, -0.2) is 16.0 Å². The molecule has 2 aliphatic rings. The summed E-state index contributed by atoms with van der Waals surface area (Å²) in [5.41, 5.74) is 2.48. The number of aromatic amines is 1. The van der Waals surface area contributed by atoms with Gasteiger partial charge in [0, 0.05) is 35.6 Å². The third-order valence-electron chi connectivity index (χ3n) is 3.84. The fourth-order valence-corrected chi connectivity index (χ4v) is 2.94. The summed E-state index contributed by atoms with van der Waals surface area (Å²) in [7, 11) is 0. The summed E-state index contributed by atoms with van der Waals surface area (Å²) in [6.07, 6.45) is 9.79. The molecule has 1 fully saturated rings. The summed E-state index contributed by atoms with van der Waals surface area (Å²) < 4.78 is 14.3. The van der Waals surface area contributed by atoms with E-state index in [4.69, 9.17) is 0 Å². The van der Waals surface area contributed by atoms with Gasteiger partial charge in [-0.05, 0) is 30.5 Å². The van der Waals surface area contributed by atoms with Crippen molar-refractivity contribution in [3.05, 3.63) is 48.2 Å². The Morgan fingerprint density at radius 2 is 2.20 bits per heavy atom. The normalized spacial score (nSPS) is 21.1. The van der Waals surface area contributed by atoms with E-state index in [1.54, 1.807) is 18.5 Å². The first-order chi connectivity index (χ1) is 9.74. The van der Waals surface area contributed by atoms with E-state index < -0.39 is 0 Å². The zero-order valence-electron chi connectivity index (χ0n) is 10.8. The van der Waals surface area contributed by atoms with Crippen LogP contribution < -0.4 is 4.90 Å². The Morgan fingerprint density at radius 1 is 1.35 bits per heavy atom. The monoisotopic (exact) mass is 287 g/mol. The van der Waals surface area contributed by atoms with Crippen LogP contribution in [0.1, 0.15) is 23.7 Å². The number of H-pyrrole nitrogens is 1. The number of thiol groups is 1. The van der Waals surface area contributed by atoms with Gasteiger partial charge < -0.3 is 9.88 Å². The van der Waals surface area contributed by atoms with Gasteiger partial charge in [-0.3, -0.25) is 0 Å². The number of benzene rings is 1. The van der Waals surface area contributed by atoms with Crippen molar-refractivity contribution in [2.75, 3.05) is 4.90 Å². The first-order valence-corrected chi connectivity index (χ1v) is 7.23. The van der Waals surface area contributed by atoms with Gasteiger partial charge in [0.1, 0.15) is 11.6 Å². The highest BCUT2D eigenvalue weighted by Gasteiger charge is 2.32. The van der Waals surface area contributed by atoms with Crippen LogP contribution in [0.5, 0.6) is 0 Å². The number of nitrogens with one attached hydrogen (secondary N) is 1. The van der Waals surface area contributed by atoms with Crippen molar-refractivity contribution >= 4 is 18.3 Å². The number of fused-ring (bicyclic) bond motifs is 1. The second-order valence-electron chi connectivity index (χ2n) is 5.25. The van der Waals surface area contributed by atoms with Gasteiger partial charge in [0.2, 0.25) is 0 Å². The molecule has 20 heavy (non-hydrogen) atoms. The molecule has 0 saturated heterocycles. The second-order valence-corrected chi connectivity index (χ2v) is 5.81. The number of hydrogen-bond donors (Lipinski definition) is 2. The van der Waals surface area contributed by atoms with E-state index >= 15 is 0 Å². The first kappa shape index (κ1) is 12.0. The van der Waals surface area contributed by atoms with Gasteiger partial charge in [0.05, 0.1) is 5.56 Å². The smallest absolute Gasteiger partial charge is 0.140 e. The molecule has 0 bridgehead atoms. The van der Waals surface area contributed by atoms with Crippen LogP contribution >= 0.6 is 12.6 Å². The Labute approximate surface area is 121 Å². The lowest BCUT2D eigenvalue weighted by atomic mass is 10.0. The topological polar surface area (TPSA) is 31.9 Å². The standard InChI is InChI=1S/C15H14FN3S/c16-12-7-11-13(8-10(12)15-17-4-5-18-15)19(9-1-2-9)6-3-14(11)20/h3-9,14,20H,1-2H2,(H,17,18). The zero-order chi connectivity index (χ0) is 13.7. The summed E-state index contributed by atoms with van der Waals surface area (Å²) in [6, 6.07) is 4.01. The zero-order valence-corrected chi connectivity index (χ0v) is 11.6. The van der Waals surface area contributed by atoms with Crippen molar-refractivity contribution < 1.29 is 4.39 Å². The largest absolute Gasteiger partial charge is 0.345 e. The minimum atomic E-state index is -0.260. The SMILES string of the molecule is Fc1cc2c(cc1-c1ncc[nH]1)N(C1CC1)C=CC2S. The predicted molar refractivity (Wildman–Crippen MR) is 80.3 cm³/mol. The van der Waals surface area contributed by atoms with E-state index in [2.05, 4.69) is 33.7 Å². The lowest BCUT2D eigenvalue weighted by Gasteiger charge is -2.29. The van der Waals surface area contributed by atoms with Gasteiger partial charge >= 0.3 is 0 Å². The van der Waals surface area contributed by atoms with E-state index in [1.165, 1.54) is 12.8 Å². The van der Waals surface area contributed by atoms with Gasteiger partial charge in [-0.25, -0.2) is 9.37 Å². The van der Waals surface area contributed by atoms with Crippen LogP contribution in [0.3, 0.4) is 0 Å². The summed E-state index contributed by atoms with van der Waals surface area (Å²) in [5.74, 6) is 0.301. The van der Waals surface area contributed by atoms with Crippen molar-refractivity contribution in [3.8, 4) is 11.4 Å². The maximum absolute atomic E-state index is 14.3. The lowest BCUT2D eigenvalue weighted by Crippen LogP contribution is -2.23. The average molecular weight is 287 g/mol. The van der Waals surface area contributed by atoms with Crippen molar-refractivity contribution in [1.82, 2.24) is 9.97 Å². The number of aromatic nitrogens is 2. The molecule has 1 atom stereocenters. The Bertz CT molecular complexity index is 677. The highest BCUT2D eigenvalue weighted by atomic mass is 32.1. The Balaban J connectivity index is 1.88. The number of imidazole rings is 1. The molecule has 0 amide bonds. The molecule has 1 N–H and O–H groups in total. The molecule has 4 rings (SSSR count). The number of anilines is 1. The van der Waals surface area contributed by atoms with Crippen molar-refractivity contribution in [1.29, 1.82) is 0 Å². The van der Waals surface area contributed by atoms with Crippen LogP contribution in [-0.2, 0) is 0 Å². The maximum Gasteiger partial charge on any atom is 0.140 e. The van der Waals surface area contributed by atoms with Gasteiger partial charge in [0.15, 0.2) is 0 Å². The summed E-state index contributed by atoms with van der Waals surface area (Å²) >= 11 is 4.52. The fourth-order valence-electron chi connectivity index (χ4n) is 2.66. The van der Waals surface area contributed by atoms with Crippen molar-refractivity contribution in [2.24, 2.45) is 0 Å². The number of nitrogens with zero attached hydrogens (tertiary/aromatic N) is 2. The molecule has 1 aromatic heterocycles.